The van der Waals surface area contributed by atoms with Crippen molar-refractivity contribution in [2.45, 2.75) is 13.1 Å². The van der Waals surface area contributed by atoms with Crippen LogP contribution in [0.4, 0.5) is 0 Å². The van der Waals surface area contributed by atoms with Gasteiger partial charge in [-0.05, 0) is 6.07 Å². The summed E-state index contributed by atoms with van der Waals surface area (Å²) in [4.78, 5) is 0. The molecule has 2 rings (SSSR count). The molecule has 0 spiro atoms. The highest BCUT2D eigenvalue weighted by atomic mass is 32.2. The Balaban J connectivity index is 2.40. The molecule has 0 aliphatic carbocycles. The molecular formula is C8H10N2O3S. The van der Waals surface area contributed by atoms with E-state index in [1.165, 1.54) is 10.5 Å². The molecule has 0 saturated heterocycles. The standard InChI is InChI=1S/C8H10N2O3S/c1-14(12,13)9-5-7-3-2-4-10(11)8(7)6-9/h2-4H,5-6H2,1H3. The largest absolute Gasteiger partial charge is 0.618 e. The lowest BCUT2D eigenvalue weighted by Gasteiger charge is -2.09. The lowest BCUT2D eigenvalue weighted by Crippen LogP contribution is -2.32. The number of hydrogen-bond acceptors (Lipinski definition) is 3. The Morgan fingerprint density at radius 2 is 2.21 bits per heavy atom. The first kappa shape index (κ1) is 9.42. The molecule has 6 heteroatoms. The molecule has 5 nitrogen and oxygen atoms in total. The van der Waals surface area contributed by atoms with Crippen molar-refractivity contribution in [2.75, 3.05) is 6.26 Å². The van der Waals surface area contributed by atoms with Crippen LogP contribution in [0.15, 0.2) is 18.3 Å². The molecule has 1 aliphatic rings. The number of hydrogen-bond donors (Lipinski definition) is 0. The van der Waals surface area contributed by atoms with Crippen LogP contribution in [0.1, 0.15) is 11.3 Å². The van der Waals surface area contributed by atoms with Crippen LogP contribution in [0.2, 0.25) is 0 Å². The summed E-state index contributed by atoms with van der Waals surface area (Å²) in [6.45, 7) is 0.482. The zero-order valence-corrected chi connectivity index (χ0v) is 8.49. The number of pyridine rings is 1. The van der Waals surface area contributed by atoms with Crippen molar-refractivity contribution < 1.29 is 13.1 Å². The van der Waals surface area contributed by atoms with Crippen molar-refractivity contribution in [3.63, 3.8) is 0 Å². The summed E-state index contributed by atoms with van der Waals surface area (Å²) in [7, 11) is -3.21. The molecule has 14 heavy (non-hydrogen) atoms. The first-order valence-corrected chi connectivity index (χ1v) is 5.98. The Morgan fingerprint density at radius 3 is 2.79 bits per heavy atom. The van der Waals surface area contributed by atoms with Gasteiger partial charge in [0, 0.05) is 18.2 Å². The second-order valence-corrected chi connectivity index (χ2v) is 5.32. The molecule has 0 saturated carbocycles. The van der Waals surface area contributed by atoms with Gasteiger partial charge in [-0.3, -0.25) is 0 Å². The highest BCUT2D eigenvalue weighted by Crippen LogP contribution is 2.21. The van der Waals surface area contributed by atoms with Crippen LogP contribution in [0.5, 0.6) is 0 Å². The summed E-state index contributed by atoms with van der Waals surface area (Å²) < 4.78 is 24.5. The molecule has 0 unspecified atom stereocenters. The molecule has 0 atom stereocenters. The van der Waals surface area contributed by atoms with E-state index < -0.39 is 10.0 Å². The molecule has 1 aromatic rings. The third-order valence-electron chi connectivity index (χ3n) is 2.30. The monoisotopic (exact) mass is 214 g/mol. The third-order valence-corrected chi connectivity index (χ3v) is 3.49. The summed E-state index contributed by atoms with van der Waals surface area (Å²) in [5.41, 5.74) is 1.31. The lowest BCUT2D eigenvalue weighted by molar-refractivity contribution is -0.614. The maximum atomic E-state index is 11.3. The second-order valence-electron chi connectivity index (χ2n) is 3.34. The second kappa shape index (κ2) is 2.93. The van der Waals surface area contributed by atoms with Gasteiger partial charge in [0.05, 0.1) is 6.26 Å². The summed E-state index contributed by atoms with van der Waals surface area (Å²) in [5.74, 6) is 0. The Kier molecular flexibility index (Phi) is 1.97. The fraction of sp³-hybridized carbons (Fsp3) is 0.375. The Morgan fingerprint density at radius 1 is 1.50 bits per heavy atom. The van der Waals surface area contributed by atoms with Crippen LogP contribution in [0.3, 0.4) is 0 Å². The van der Waals surface area contributed by atoms with E-state index in [0.717, 1.165) is 16.5 Å². The van der Waals surface area contributed by atoms with Gasteiger partial charge in [0.15, 0.2) is 6.20 Å². The van der Waals surface area contributed by atoms with Crippen molar-refractivity contribution >= 4 is 10.0 Å². The number of aromatic nitrogens is 1. The molecular weight excluding hydrogens is 204 g/mol. The van der Waals surface area contributed by atoms with E-state index in [9.17, 15) is 13.6 Å². The Bertz CT molecular complexity index is 469. The number of sulfonamides is 1. The van der Waals surface area contributed by atoms with E-state index in [1.54, 1.807) is 12.1 Å². The van der Waals surface area contributed by atoms with E-state index in [1.807, 2.05) is 0 Å². The SMILES string of the molecule is CS(=O)(=O)N1Cc2ccc[n+]([O-])c2C1. The molecule has 0 radical (unpaired) electrons. The van der Waals surface area contributed by atoms with Crippen molar-refractivity contribution in [1.29, 1.82) is 0 Å². The van der Waals surface area contributed by atoms with Crippen molar-refractivity contribution in [1.82, 2.24) is 4.31 Å². The minimum atomic E-state index is -3.21. The molecule has 0 bridgehead atoms. The average molecular weight is 214 g/mol. The first-order chi connectivity index (χ1) is 6.48. The average Bonchev–Trinajstić information content (AvgIpc) is 2.48. The fourth-order valence-corrected chi connectivity index (χ4v) is 2.26. The smallest absolute Gasteiger partial charge is 0.212 e. The van der Waals surface area contributed by atoms with Crippen LogP contribution in [-0.4, -0.2) is 19.0 Å². The lowest BCUT2D eigenvalue weighted by atomic mass is 10.2. The van der Waals surface area contributed by atoms with Gasteiger partial charge in [-0.25, -0.2) is 8.42 Å². The Hall–Kier alpha value is -1.14. The number of nitrogens with zero attached hydrogens (tertiary/aromatic N) is 2. The minimum absolute atomic E-state index is 0.179. The molecule has 0 fully saturated rings. The third kappa shape index (κ3) is 1.46. The molecule has 0 N–H and O–H groups in total. The molecule has 0 aromatic carbocycles. The summed E-state index contributed by atoms with van der Waals surface area (Å²) in [6, 6.07) is 3.40. The fourth-order valence-electron chi connectivity index (χ4n) is 1.53. The molecule has 0 amide bonds. The van der Waals surface area contributed by atoms with Gasteiger partial charge in [0.25, 0.3) is 0 Å². The van der Waals surface area contributed by atoms with Crippen LogP contribution in [0.25, 0.3) is 0 Å². The normalized spacial score (nSPS) is 16.9. The topological polar surface area (TPSA) is 64.3 Å². The number of fused-ring (bicyclic) bond motifs is 1. The maximum absolute atomic E-state index is 11.3. The zero-order chi connectivity index (χ0) is 10.3. The van der Waals surface area contributed by atoms with Gasteiger partial charge in [0.2, 0.25) is 15.7 Å². The predicted octanol–water partition coefficient (Wildman–Crippen LogP) is -0.405. The minimum Gasteiger partial charge on any atom is -0.618 e. The van der Waals surface area contributed by atoms with Gasteiger partial charge >= 0.3 is 0 Å². The van der Waals surface area contributed by atoms with E-state index in [4.69, 9.17) is 0 Å². The van der Waals surface area contributed by atoms with Gasteiger partial charge in [-0.1, -0.05) is 0 Å². The predicted molar refractivity (Wildman–Crippen MR) is 49.5 cm³/mol. The molecule has 2 heterocycles. The molecule has 1 aromatic heterocycles. The van der Waals surface area contributed by atoms with E-state index in [0.29, 0.717) is 12.2 Å². The van der Waals surface area contributed by atoms with Gasteiger partial charge < -0.3 is 5.21 Å². The maximum Gasteiger partial charge on any atom is 0.212 e. The summed E-state index contributed by atoms with van der Waals surface area (Å²) in [6.07, 6.45) is 2.53. The molecule has 1 aliphatic heterocycles. The van der Waals surface area contributed by atoms with Crippen LogP contribution in [0, 0.1) is 5.21 Å². The Labute approximate surface area is 82.2 Å². The van der Waals surface area contributed by atoms with E-state index >= 15 is 0 Å². The zero-order valence-electron chi connectivity index (χ0n) is 7.67. The first-order valence-electron chi connectivity index (χ1n) is 4.13. The van der Waals surface area contributed by atoms with Crippen molar-refractivity contribution in [3.05, 3.63) is 34.8 Å². The van der Waals surface area contributed by atoms with Gasteiger partial charge in [0.1, 0.15) is 6.54 Å². The van der Waals surface area contributed by atoms with Crippen LogP contribution in [-0.2, 0) is 23.1 Å². The van der Waals surface area contributed by atoms with E-state index in [-0.39, 0.29) is 6.54 Å². The van der Waals surface area contributed by atoms with Crippen molar-refractivity contribution in [3.8, 4) is 0 Å². The highest BCUT2D eigenvalue weighted by molar-refractivity contribution is 7.88. The van der Waals surface area contributed by atoms with Crippen LogP contribution < -0.4 is 4.73 Å². The van der Waals surface area contributed by atoms with Crippen molar-refractivity contribution in [2.24, 2.45) is 0 Å². The van der Waals surface area contributed by atoms with Crippen LogP contribution >= 0.6 is 0 Å². The van der Waals surface area contributed by atoms with E-state index in [2.05, 4.69) is 0 Å². The quantitative estimate of drug-likeness (QED) is 0.472. The highest BCUT2D eigenvalue weighted by Gasteiger charge is 2.30. The molecule has 76 valence electrons. The summed E-state index contributed by atoms with van der Waals surface area (Å²) in [5, 5.41) is 11.3. The van der Waals surface area contributed by atoms with Gasteiger partial charge in [-0.2, -0.15) is 9.04 Å². The number of rotatable bonds is 1. The van der Waals surface area contributed by atoms with Gasteiger partial charge in [-0.15, -0.1) is 0 Å². The summed E-state index contributed by atoms with van der Waals surface area (Å²) >= 11 is 0.